The summed E-state index contributed by atoms with van der Waals surface area (Å²) >= 11 is 4.42. The van der Waals surface area contributed by atoms with Crippen LogP contribution in [0.4, 0.5) is 5.69 Å². The Bertz CT molecular complexity index is 813. The summed E-state index contributed by atoms with van der Waals surface area (Å²) < 4.78 is 7.57. The Morgan fingerprint density at radius 1 is 1.15 bits per heavy atom. The van der Waals surface area contributed by atoms with Crippen LogP contribution in [0.15, 0.2) is 41.5 Å². The molecule has 0 aliphatic carbocycles. The van der Waals surface area contributed by atoms with Crippen LogP contribution in [0.5, 0.6) is 5.75 Å². The zero-order chi connectivity index (χ0) is 19.1. The van der Waals surface area contributed by atoms with Crippen LogP contribution in [0.1, 0.15) is 29.8 Å². The molecule has 2 amide bonds. The Labute approximate surface area is 179 Å². The van der Waals surface area contributed by atoms with E-state index in [1.807, 2.05) is 19.1 Å². The number of nitrogens with zero attached hydrogens (tertiary/aromatic N) is 1. The normalized spacial score (nSPS) is 10.6. The summed E-state index contributed by atoms with van der Waals surface area (Å²) in [5, 5.41) is 6.65. The van der Waals surface area contributed by atoms with Gasteiger partial charge < -0.3 is 10.1 Å². The highest BCUT2D eigenvalue weighted by Gasteiger charge is 2.08. The number of amides is 2. The van der Waals surface area contributed by atoms with Crippen LogP contribution in [0.3, 0.4) is 0 Å². The van der Waals surface area contributed by atoms with Crippen LogP contribution in [-0.2, 0) is 4.79 Å². The molecule has 0 aliphatic heterocycles. The van der Waals surface area contributed by atoms with Crippen molar-refractivity contribution in [1.29, 1.82) is 0 Å². The predicted octanol–water partition coefficient (Wildman–Crippen LogP) is 4.02. The molecule has 2 rings (SSSR count). The molecule has 0 atom stereocenters. The first-order valence-corrected chi connectivity index (χ1v) is 9.89. The summed E-state index contributed by atoms with van der Waals surface area (Å²) in [6.07, 6.45) is 1.59. The van der Waals surface area contributed by atoms with Gasteiger partial charge in [0, 0.05) is 18.2 Å². The van der Waals surface area contributed by atoms with E-state index in [2.05, 4.69) is 61.0 Å². The number of rotatable bonds is 6. The molecule has 0 aromatic heterocycles. The number of nitrogens with one attached hydrogen (secondary N) is 2. The van der Waals surface area contributed by atoms with Gasteiger partial charge in [-0.1, -0.05) is 0 Å². The van der Waals surface area contributed by atoms with Gasteiger partial charge in [-0.3, -0.25) is 9.59 Å². The number of carbonyl (C=O) groups excluding carboxylic acids is 2. The van der Waals surface area contributed by atoms with Crippen molar-refractivity contribution < 1.29 is 14.3 Å². The van der Waals surface area contributed by atoms with Crippen molar-refractivity contribution in [3.05, 3.63) is 54.7 Å². The average Bonchev–Trinajstić information content (AvgIpc) is 2.58. The molecule has 26 heavy (non-hydrogen) atoms. The molecule has 6 nitrogen and oxygen atoms in total. The van der Waals surface area contributed by atoms with Crippen molar-refractivity contribution in [3.8, 4) is 5.75 Å². The van der Waals surface area contributed by atoms with Gasteiger partial charge in [-0.2, -0.15) is 5.10 Å². The number of hydrogen-bond donors (Lipinski definition) is 2. The summed E-state index contributed by atoms with van der Waals surface area (Å²) in [6, 6.07) is 10.4. The predicted molar refractivity (Wildman–Crippen MR) is 119 cm³/mol. The van der Waals surface area contributed by atoms with E-state index in [1.54, 1.807) is 30.5 Å². The fraction of sp³-hybridized carbons (Fsp3) is 0.167. The summed E-state index contributed by atoms with van der Waals surface area (Å²) in [5.41, 5.74) is 4.44. The topological polar surface area (TPSA) is 79.8 Å². The van der Waals surface area contributed by atoms with Crippen LogP contribution in [0.2, 0.25) is 0 Å². The molecular weight excluding hydrogens is 560 g/mol. The zero-order valence-corrected chi connectivity index (χ0v) is 18.5. The molecule has 0 radical (unpaired) electrons. The molecule has 2 N–H and O–H groups in total. The van der Waals surface area contributed by atoms with Crippen molar-refractivity contribution in [1.82, 2.24) is 5.43 Å². The highest BCUT2D eigenvalue weighted by Crippen LogP contribution is 2.28. The molecule has 8 heteroatoms. The second kappa shape index (κ2) is 9.86. The number of anilines is 1. The van der Waals surface area contributed by atoms with Gasteiger partial charge >= 0.3 is 0 Å². The van der Waals surface area contributed by atoms with E-state index in [4.69, 9.17) is 4.74 Å². The van der Waals surface area contributed by atoms with E-state index in [0.717, 1.165) is 18.5 Å². The SMILES string of the molecule is CCOc1c(I)cc(/C=N\NC(=O)c2ccc(NC(C)=O)cc2)cc1I. The Balaban J connectivity index is 2.01. The first-order valence-electron chi connectivity index (χ1n) is 7.73. The van der Waals surface area contributed by atoms with Gasteiger partial charge in [0.05, 0.1) is 20.0 Å². The van der Waals surface area contributed by atoms with Crippen LogP contribution in [-0.4, -0.2) is 24.6 Å². The minimum atomic E-state index is -0.328. The quantitative estimate of drug-likeness (QED) is 0.310. The molecule has 0 bridgehead atoms. The van der Waals surface area contributed by atoms with E-state index >= 15 is 0 Å². The monoisotopic (exact) mass is 577 g/mol. The van der Waals surface area contributed by atoms with Crippen LogP contribution >= 0.6 is 45.2 Å². The van der Waals surface area contributed by atoms with Crippen molar-refractivity contribution in [3.63, 3.8) is 0 Å². The number of carbonyl (C=O) groups is 2. The van der Waals surface area contributed by atoms with E-state index in [0.29, 0.717) is 17.9 Å². The van der Waals surface area contributed by atoms with Gasteiger partial charge in [0.15, 0.2) is 0 Å². The van der Waals surface area contributed by atoms with Crippen LogP contribution in [0.25, 0.3) is 0 Å². The second-order valence-corrected chi connectivity index (χ2v) is 7.53. The van der Waals surface area contributed by atoms with E-state index in [1.165, 1.54) is 6.92 Å². The Hall–Kier alpha value is -1.69. The molecule has 0 heterocycles. The van der Waals surface area contributed by atoms with Gasteiger partial charge in [-0.25, -0.2) is 5.43 Å². The number of hydrazone groups is 1. The summed E-state index contributed by atoms with van der Waals surface area (Å²) in [5.74, 6) is 0.367. The largest absolute Gasteiger partial charge is 0.492 e. The zero-order valence-electron chi connectivity index (χ0n) is 14.2. The Morgan fingerprint density at radius 2 is 1.77 bits per heavy atom. The van der Waals surface area contributed by atoms with Crippen molar-refractivity contribution in [2.45, 2.75) is 13.8 Å². The second-order valence-electron chi connectivity index (χ2n) is 5.20. The lowest BCUT2D eigenvalue weighted by Crippen LogP contribution is -2.17. The highest BCUT2D eigenvalue weighted by atomic mass is 127. The third-order valence-corrected chi connectivity index (χ3v) is 4.76. The molecule has 0 fully saturated rings. The van der Waals surface area contributed by atoms with E-state index < -0.39 is 0 Å². The van der Waals surface area contributed by atoms with Gasteiger partial charge in [0.1, 0.15) is 5.75 Å². The lowest BCUT2D eigenvalue weighted by atomic mass is 10.2. The summed E-state index contributed by atoms with van der Waals surface area (Å²) in [4.78, 5) is 23.1. The molecule has 0 spiro atoms. The van der Waals surface area contributed by atoms with E-state index in [-0.39, 0.29) is 11.8 Å². The van der Waals surface area contributed by atoms with Gasteiger partial charge in [0.25, 0.3) is 5.91 Å². The molecule has 2 aromatic carbocycles. The fourth-order valence-corrected chi connectivity index (χ4v) is 4.20. The van der Waals surface area contributed by atoms with Gasteiger partial charge in [-0.05, 0) is 94.1 Å². The molecular formula is C18H17I2N3O3. The molecule has 0 unspecified atom stereocenters. The molecule has 2 aromatic rings. The maximum Gasteiger partial charge on any atom is 0.271 e. The minimum Gasteiger partial charge on any atom is -0.492 e. The Kier molecular flexibility index (Phi) is 7.82. The number of halogens is 2. The highest BCUT2D eigenvalue weighted by molar-refractivity contribution is 14.1. The van der Waals surface area contributed by atoms with Gasteiger partial charge in [0.2, 0.25) is 5.91 Å². The lowest BCUT2D eigenvalue weighted by molar-refractivity contribution is -0.114. The standard InChI is InChI=1S/C18H17I2N3O3/c1-3-26-17-15(19)8-12(9-16(17)20)10-21-23-18(25)13-4-6-14(7-5-13)22-11(2)24/h4-10H,3H2,1-2H3,(H,22,24)(H,23,25)/b21-10-. The Morgan fingerprint density at radius 3 is 2.31 bits per heavy atom. The lowest BCUT2D eigenvalue weighted by Gasteiger charge is -2.09. The number of ether oxygens (including phenoxy) is 1. The fourth-order valence-electron chi connectivity index (χ4n) is 2.07. The third kappa shape index (κ3) is 5.94. The van der Waals surface area contributed by atoms with Crippen molar-refractivity contribution >= 4 is 68.9 Å². The first kappa shape index (κ1) is 20.6. The molecule has 136 valence electrons. The number of benzene rings is 2. The summed E-state index contributed by atoms with van der Waals surface area (Å²) in [6.45, 7) is 3.98. The molecule has 0 saturated carbocycles. The molecule has 0 saturated heterocycles. The third-order valence-electron chi connectivity index (χ3n) is 3.16. The maximum atomic E-state index is 12.1. The van der Waals surface area contributed by atoms with Crippen LogP contribution in [0, 0.1) is 7.14 Å². The molecule has 0 aliphatic rings. The number of hydrogen-bond acceptors (Lipinski definition) is 4. The van der Waals surface area contributed by atoms with Gasteiger partial charge in [-0.15, -0.1) is 0 Å². The van der Waals surface area contributed by atoms with Crippen LogP contribution < -0.4 is 15.5 Å². The smallest absolute Gasteiger partial charge is 0.271 e. The van der Waals surface area contributed by atoms with Crippen molar-refractivity contribution in [2.75, 3.05) is 11.9 Å². The first-order chi connectivity index (χ1) is 12.4. The van der Waals surface area contributed by atoms with Crippen molar-refractivity contribution in [2.24, 2.45) is 5.10 Å². The summed E-state index contributed by atoms with van der Waals surface area (Å²) in [7, 11) is 0. The van der Waals surface area contributed by atoms with E-state index in [9.17, 15) is 9.59 Å². The maximum absolute atomic E-state index is 12.1. The minimum absolute atomic E-state index is 0.161. The average molecular weight is 577 g/mol.